The lowest BCUT2D eigenvalue weighted by Gasteiger charge is -2.39. The first-order valence-corrected chi connectivity index (χ1v) is 13.3. The zero-order valence-electron chi connectivity index (χ0n) is 18.6. The number of hydrogen-bond acceptors (Lipinski definition) is 3. The smallest absolute Gasteiger partial charge is 0.220 e. The molecule has 3 nitrogen and oxygen atoms in total. The van der Waals surface area contributed by atoms with Crippen LogP contribution in [0.15, 0.2) is 60.7 Å². The molecule has 3 rings (SSSR count). The van der Waals surface area contributed by atoms with Gasteiger partial charge < -0.3 is 9.16 Å². The Morgan fingerprint density at radius 3 is 2.37 bits per heavy atom. The van der Waals surface area contributed by atoms with Crippen molar-refractivity contribution in [2.24, 2.45) is 0 Å². The van der Waals surface area contributed by atoms with Gasteiger partial charge in [-0.25, -0.2) is 4.98 Å². The Labute approximate surface area is 181 Å². The fraction of sp³-hybridized carbons (Fsp3) is 0.346. The predicted octanol–water partition coefficient (Wildman–Crippen LogP) is 6.90. The Morgan fingerprint density at radius 2 is 1.70 bits per heavy atom. The van der Waals surface area contributed by atoms with Crippen LogP contribution in [0.4, 0.5) is 0 Å². The minimum Gasteiger partial charge on any atom is -0.473 e. The third kappa shape index (κ3) is 5.10. The zero-order valence-corrected chi connectivity index (χ0v) is 19.6. The molecule has 1 atom stereocenters. The highest BCUT2D eigenvalue weighted by molar-refractivity contribution is 6.74. The second kappa shape index (κ2) is 9.03. The number of hydrogen-bond donors (Lipinski definition) is 0. The van der Waals surface area contributed by atoms with E-state index in [1.54, 1.807) is 0 Å². The molecule has 156 valence electrons. The van der Waals surface area contributed by atoms with E-state index in [2.05, 4.69) is 51.9 Å². The Balaban J connectivity index is 2.02. The summed E-state index contributed by atoms with van der Waals surface area (Å²) >= 11 is 0. The van der Waals surface area contributed by atoms with Crippen LogP contribution in [0.1, 0.15) is 44.4 Å². The maximum atomic E-state index is 6.75. The summed E-state index contributed by atoms with van der Waals surface area (Å²) in [4.78, 5) is 4.83. The van der Waals surface area contributed by atoms with Gasteiger partial charge in [0.25, 0.3) is 0 Å². The SMILES string of the molecule is C#CCC(O[Si](C)(C)C(C)(C)C)c1cc2ccccc2nc1OCc1ccccc1. The highest BCUT2D eigenvalue weighted by Gasteiger charge is 2.40. The molecule has 30 heavy (non-hydrogen) atoms. The van der Waals surface area contributed by atoms with E-state index in [4.69, 9.17) is 20.6 Å². The lowest BCUT2D eigenvalue weighted by atomic mass is 10.1. The second-order valence-corrected chi connectivity index (χ2v) is 13.9. The molecular weight excluding hydrogens is 386 g/mol. The molecule has 3 aromatic rings. The minimum atomic E-state index is -2.04. The minimum absolute atomic E-state index is 0.0786. The molecular formula is C26H31NO2Si. The zero-order chi connectivity index (χ0) is 21.8. The monoisotopic (exact) mass is 417 g/mol. The van der Waals surface area contributed by atoms with Crippen molar-refractivity contribution in [3.63, 3.8) is 0 Å². The number of benzene rings is 2. The molecule has 0 amide bonds. The molecule has 2 aromatic carbocycles. The molecule has 0 aliphatic heterocycles. The van der Waals surface area contributed by atoms with Crippen LogP contribution in [0, 0.1) is 12.3 Å². The van der Waals surface area contributed by atoms with Gasteiger partial charge in [0, 0.05) is 17.4 Å². The van der Waals surface area contributed by atoms with Crippen molar-refractivity contribution in [3.8, 4) is 18.2 Å². The fourth-order valence-corrected chi connectivity index (χ4v) is 4.32. The summed E-state index contributed by atoms with van der Waals surface area (Å²) in [6.45, 7) is 11.6. The molecule has 0 bridgehead atoms. The van der Waals surface area contributed by atoms with Crippen molar-refractivity contribution in [3.05, 3.63) is 71.8 Å². The lowest BCUT2D eigenvalue weighted by molar-refractivity contribution is 0.179. The second-order valence-electron chi connectivity index (χ2n) is 9.12. The van der Waals surface area contributed by atoms with Crippen LogP contribution in [-0.4, -0.2) is 13.3 Å². The van der Waals surface area contributed by atoms with Gasteiger partial charge in [0.05, 0.1) is 11.6 Å². The first kappa shape index (κ1) is 22.1. The average molecular weight is 418 g/mol. The van der Waals surface area contributed by atoms with E-state index >= 15 is 0 Å². The summed E-state index contributed by atoms with van der Waals surface area (Å²) in [6, 6.07) is 20.3. The van der Waals surface area contributed by atoms with Gasteiger partial charge in [0.15, 0.2) is 8.32 Å². The summed E-state index contributed by atoms with van der Waals surface area (Å²) in [5.74, 6) is 3.40. The summed E-state index contributed by atoms with van der Waals surface area (Å²) in [5.41, 5.74) is 2.92. The number of aromatic nitrogens is 1. The van der Waals surface area contributed by atoms with Crippen molar-refractivity contribution in [1.29, 1.82) is 0 Å². The third-order valence-electron chi connectivity index (χ3n) is 5.83. The predicted molar refractivity (Wildman–Crippen MR) is 127 cm³/mol. The van der Waals surface area contributed by atoms with Gasteiger partial charge in [-0.2, -0.15) is 0 Å². The quantitative estimate of drug-likeness (QED) is 0.309. The molecule has 4 heteroatoms. The van der Waals surface area contributed by atoms with E-state index in [-0.39, 0.29) is 11.1 Å². The number of nitrogens with zero attached hydrogens (tertiary/aromatic N) is 1. The molecule has 0 saturated carbocycles. The molecule has 0 aliphatic carbocycles. The molecule has 0 N–H and O–H groups in total. The molecule has 1 aromatic heterocycles. The van der Waals surface area contributed by atoms with Gasteiger partial charge in [-0.15, -0.1) is 12.3 Å². The Bertz CT molecular complexity index is 1030. The van der Waals surface area contributed by atoms with Crippen LogP contribution >= 0.6 is 0 Å². The maximum Gasteiger partial charge on any atom is 0.220 e. The molecule has 0 aliphatic rings. The van der Waals surface area contributed by atoms with Gasteiger partial charge in [-0.1, -0.05) is 69.3 Å². The molecule has 0 fully saturated rings. The summed E-state index contributed by atoms with van der Waals surface area (Å²) in [5, 5.41) is 1.13. The summed E-state index contributed by atoms with van der Waals surface area (Å²) in [6.07, 6.45) is 5.98. The van der Waals surface area contributed by atoms with Crippen molar-refractivity contribution in [2.45, 2.75) is 58.0 Å². The van der Waals surface area contributed by atoms with Crippen LogP contribution in [0.25, 0.3) is 10.9 Å². The van der Waals surface area contributed by atoms with E-state index < -0.39 is 8.32 Å². The van der Waals surface area contributed by atoms with Gasteiger partial charge in [-0.3, -0.25) is 0 Å². The van der Waals surface area contributed by atoms with Gasteiger partial charge in [0.2, 0.25) is 5.88 Å². The summed E-state index contributed by atoms with van der Waals surface area (Å²) in [7, 11) is -2.04. The van der Waals surface area contributed by atoms with Gasteiger partial charge >= 0.3 is 0 Å². The highest BCUT2D eigenvalue weighted by atomic mass is 28.4. The number of pyridine rings is 1. The average Bonchev–Trinajstić information content (AvgIpc) is 2.71. The number of ether oxygens (including phenoxy) is 1. The van der Waals surface area contributed by atoms with Crippen molar-refractivity contribution in [1.82, 2.24) is 4.98 Å². The van der Waals surface area contributed by atoms with Crippen LogP contribution in [-0.2, 0) is 11.0 Å². The van der Waals surface area contributed by atoms with Crippen molar-refractivity contribution >= 4 is 19.2 Å². The Hall–Kier alpha value is -2.61. The first-order chi connectivity index (χ1) is 14.2. The summed E-state index contributed by atoms with van der Waals surface area (Å²) < 4.78 is 13.0. The highest BCUT2D eigenvalue weighted by Crippen LogP contribution is 2.42. The van der Waals surface area contributed by atoms with E-state index in [0.29, 0.717) is 18.9 Å². The first-order valence-electron chi connectivity index (χ1n) is 10.4. The van der Waals surface area contributed by atoms with E-state index in [1.807, 2.05) is 48.5 Å². The Kier molecular flexibility index (Phi) is 6.65. The maximum absolute atomic E-state index is 6.75. The molecule has 0 saturated heterocycles. The number of rotatable bonds is 7. The number of para-hydroxylation sites is 1. The van der Waals surface area contributed by atoms with Crippen molar-refractivity contribution < 1.29 is 9.16 Å². The van der Waals surface area contributed by atoms with E-state index in [1.165, 1.54) is 0 Å². The molecule has 1 unspecified atom stereocenters. The van der Waals surface area contributed by atoms with Crippen LogP contribution in [0.2, 0.25) is 18.1 Å². The van der Waals surface area contributed by atoms with Gasteiger partial charge in [-0.05, 0) is 35.8 Å². The van der Waals surface area contributed by atoms with Crippen LogP contribution < -0.4 is 4.74 Å². The largest absolute Gasteiger partial charge is 0.473 e. The standard InChI is InChI=1S/C26H31NO2Si/c1-7-13-24(29-30(5,6)26(2,3)4)22-18-21-16-11-12-17-23(21)27-25(22)28-19-20-14-9-8-10-15-20/h1,8-12,14-18,24H,13,19H2,2-6H3. The molecule has 0 radical (unpaired) electrons. The number of terminal acetylenes is 1. The van der Waals surface area contributed by atoms with Crippen LogP contribution in [0.5, 0.6) is 5.88 Å². The molecule has 1 heterocycles. The fourth-order valence-electron chi connectivity index (χ4n) is 3.04. The van der Waals surface area contributed by atoms with Gasteiger partial charge in [0.1, 0.15) is 6.61 Å². The van der Waals surface area contributed by atoms with Crippen LogP contribution in [0.3, 0.4) is 0 Å². The van der Waals surface area contributed by atoms with Crippen molar-refractivity contribution in [2.75, 3.05) is 0 Å². The topological polar surface area (TPSA) is 31.4 Å². The number of fused-ring (bicyclic) bond motifs is 1. The lowest BCUT2D eigenvalue weighted by Crippen LogP contribution is -2.41. The normalized spacial score (nSPS) is 13.1. The van der Waals surface area contributed by atoms with E-state index in [0.717, 1.165) is 22.0 Å². The third-order valence-corrected chi connectivity index (χ3v) is 10.3. The molecule has 0 spiro atoms. The van der Waals surface area contributed by atoms with E-state index in [9.17, 15) is 0 Å². The Morgan fingerprint density at radius 1 is 1.03 bits per heavy atom.